The number of methoxy groups -OCH3 is 1. The largest absolute Gasteiger partial charge is 0.469 e. The smallest absolute Gasteiger partial charge is 0.305 e. The molecule has 0 aromatic carbocycles. The van der Waals surface area contributed by atoms with Gasteiger partial charge in [-0.05, 0) is 50.7 Å². The molecule has 0 spiro atoms. The third kappa shape index (κ3) is 6.66. The maximum atomic E-state index is 11.3. The molecule has 6 heteroatoms. The van der Waals surface area contributed by atoms with Crippen LogP contribution in [0.1, 0.15) is 60.8 Å². The first kappa shape index (κ1) is 22.6. The Morgan fingerprint density at radius 3 is 2.40 bits per heavy atom. The van der Waals surface area contributed by atoms with Crippen LogP contribution in [0.2, 0.25) is 18.1 Å². The second kappa shape index (κ2) is 8.98. The van der Waals surface area contributed by atoms with E-state index in [0.717, 1.165) is 6.42 Å². The standard InChI is InChI=1S/C19H38O5Si/c1-13-12-16(24-25(8,9)19(4,5)6)18(23-15(13)3)22-14(2)10-11-17(20)21-7/h13-16,18H,10-12H2,1-9H3/t13-,14-,15?,16?,18-/m1/s1. The molecular weight excluding hydrogens is 336 g/mol. The number of hydrogen-bond acceptors (Lipinski definition) is 5. The van der Waals surface area contributed by atoms with Gasteiger partial charge in [0, 0.05) is 6.42 Å². The molecule has 1 rings (SSSR count). The topological polar surface area (TPSA) is 54.0 Å². The van der Waals surface area contributed by atoms with Crippen molar-refractivity contribution < 1.29 is 23.4 Å². The lowest BCUT2D eigenvalue weighted by Crippen LogP contribution is -2.53. The van der Waals surface area contributed by atoms with Crippen LogP contribution in [-0.4, -0.2) is 46.0 Å². The van der Waals surface area contributed by atoms with Gasteiger partial charge < -0.3 is 18.6 Å². The van der Waals surface area contributed by atoms with Crippen LogP contribution in [0.3, 0.4) is 0 Å². The van der Waals surface area contributed by atoms with Crippen LogP contribution >= 0.6 is 0 Å². The summed E-state index contributed by atoms with van der Waals surface area (Å²) in [7, 11) is -0.506. The predicted molar refractivity (Wildman–Crippen MR) is 102 cm³/mol. The van der Waals surface area contributed by atoms with Crippen molar-refractivity contribution in [1.29, 1.82) is 0 Å². The van der Waals surface area contributed by atoms with E-state index in [9.17, 15) is 4.79 Å². The van der Waals surface area contributed by atoms with Crippen molar-refractivity contribution in [2.75, 3.05) is 7.11 Å². The number of hydrogen-bond donors (Lipinski definition) is 0. The second-order valence-electron chi connectivity index (χ2n) is 8.90. The number of carbonyl (C=O) groups excluding carboxylic acids is 1. The van der Waals surface area contributed by atoms with E-state index in [-0.39, 0.29) is 35.6 Å². The molecule has 0 amide bonds. The molecule has 1 heterocycles. The highest BCUT2D eigenvalue weighted by Crippen LogP contribution is 2.40. The Kier molecular flexibility index (Phi) is 8.12. The van der Waals surface area contributed by atoms with Crippen LogP contribution in [0.15, 0.2) is 0 Å². The number of esters is 1. The molecule has 25 heavy (non-hydrogen) atoms. The molecular formula is C19H38O5Si. The highest BCUT2D eigenvalue weighted by Gasteiger charge is 2.44. The molecule has 1 fully saturated rings. The van der Waals surface area contributed by atoms with Crippen LogP contribution < -0.4 is 0 Å². The lowest BCUT2D eigenvalue weighted by atomic mass is 9.95. The maximum absolute atomic E-state index is 11.3. The van der Waals surface area contributed by atoms with E-state index in [4.69, 9.17) is 18.6 Å². The molecule has 5 nitrogen and oxygen atoms in total. The lowest BCUT2D eigenvalue weighted by Gasteiger charge is -2.45. The molecule has 1 aliphatic rings. The molecule has 5 atom stereocenters. The van der Waals surface area contributed by atoms with Gasteiger partial charge in [0.2, 0.25) is 0 Å². The van der Waals surface area contributed by atoms with E-state index in [2.05, 4.69) is 47.7 Å². The molecule has 0 aromatic rings. The summed E-state index contributed by atoms with van der Waals surface area (Å²) in [5.74, 6) is 0.219. The average molecular weight is 375 g/mol. The van der Waals surface area contributed by atoms with Crippen LogP contribution in [0.25, 0.3) is 0 Å². The molecule has 148 valence electrons. The van der Waals surface area contributed by atoms with Crippen LogP contribution in [0, 0.1) is 5.92 Å². The normalized spacial score (nSPS) is 29.3. The summed E-state index contributed by atoms with van der Waals surface area (Å²) < 4.78 is 23.6. The first-order valence-corrected chi connectivity index (χ1v) is 12.3. The maximum Gasteiger partial charge on any atom is 0.305 e. The predicted octanol–water partition coefficient (Wildman–Crippen LogP) is 4.51. The molecule has 0 aliphatic carbocycles. The van der Waals surface area contributed by atoms with Crippen molar-refractivity contribution in [3.63, 3.8) is 0 Å². The highest BCUT2D eigenvalue weighted by atomic mass is 28.4. The minimum absolute atomic E-state index is 0.0623. The summed E-state index contributed by atoms with van der Waals surface area (Å²) in [4.78, 5) is 11.3. The monoisotopic (exact) mass is 374 g/mol. The van der Waals surface area contributed by atoms with Gasteiger partial charge in [0.05, 0.1) is 25.4 Å². The van der Waals surface area contributed by atoms with Crippen molar-refractivity contribution >= 4 is 14.3 Å². The van der Waals surface area contributed by atoms with Gasteiger partial charge in [-0.2, -0.15) is 0 Å². The molecule has 0 N–H and O–H groups in total. The minimum Gasteiger partial charge on any atom is -0.469 e. The fraction of sp³-hybridized carbons (Fsp3) is 0.947. The summed E-state index contributed by atoms with van der Waals surface area (Å²) in [6.07, 6.45) is 1.50. The molecule has 1 saturated heterocycles. The number of ether oxygens (including phenoxy) is 3. The molecule has 0 bridgehead atoms. The van der Waals surface area contributed by atoms with Crippen LogP contribution in [-0.2, 0) is 23.4 Å². The minimum atomic E-state index is -1.91. The first-order chi connectivity index (χ1) is 11.4. The zero-order valence-electron chi connectivity index (χ0n) is 17.5. The first-order valence-electron chi connectivity index (χ1n) is 9.43. The van der Waals surface area contributed by atoms with Gasteiger partial charge in [0.25, 0.3) is 0 Å². The Morgan fingerprint density at radius 1 is 1.28 bits per heavy atom. The summed E-state index contributed by atoms with van der Waals surface area (Å²) in [6.45, 7) is 17.5. The van der Waals surface area contributed by atoms with Gasteiger partial charge in [-0.1, -0.05) is 27.7 Å². The average Bonchev–Trinajstić information content (AvgIpc) is 2.48. The zero-order chi connectivity index (χ0) is 19.4. The summed E-state index contributed by atoms with van der Waals surface area (Å²) >= 11 is 0. The zero-order valence-corrected chi connectivity index (χ0v) is 18.5. The van der Waals surface area contributed by atoms with E-state index in [0.29, 0.717) is 18.8 Å². The Balaban J connectivity index is 2.76. The van der Waals surface area contributed by atoms with Gasteiger partial charge in [-0.15, -0.1) is 0 Å². The molecule has 0 radical (unpaired) electrons. The molecule has 2 unspecified atom stereocenters. The summed E-state index contributed by atoms with van der Waals surface area (Å²) in [5.41, 5.74) is 0. The van der Waals surface area contributed by atoms with Gasteiger partial charge >= 0.3 is 5.97 Å². The second-order valence-corrected chi connectivity index (χ2v) is 13.7. The van der Waals surface area contributed by atoms with Crippen molar-refractivity contribution in [1.82, 2.24) is 0 Å². The SMILES string of the molecule is COC(=O)CC[C@@H](C)O[C@@H]1OC(C)[C@H](C)CC1O[Si](C)(C)C(C)(C)C. The van der Waals surface area contributed by atoms with Crippen molar-refractivity contribution in [3.8, 4) is 0 Å². The highest BCUT2D eigenvalue weighted by molar-refractivity contribution is 6.74. The van der Waals surface area contributed by atoms with Crippen LogP contribution in [0.4, 0.5) is 0 Å². The Labute approximate surface area is 154 Å². The number of rotatable bonds is 7. The van der Waals surface area contributed by atoms with Gasteiger partial charge in [0.15, 0.2) is 14.6 Å². The Morgan fingerprint density at radius 2 is 1.88 bits per heavy atom. The van der Waals surface area contributed by atoms with E-state index in [1.54, 1.807) is 0 Å². The Hall–Kier alpha value is -0.433. The van der Waals surface area contributed by atoms with Gasteiger partial charge in [-0.3, -0.25) is 4.79 Å². The molecule has 0 saturated carbocycles. The molecule has 1 aliphatic heterocycles. The fourth-order valence-corrected chi connectivity index (χ4v) is 3.92. The third-order valence-corrected chi connectivity index (χ3v) is 10.2. The van der Waals surface area contributed by atoms with Crippen molar-refractivity contribution in [2.24, 2.45) is 5.92 Å². The van der Waals surface area contributed by atoms with Gasteiger partial charge in [-0.25, -0.2) is 0 Å². The summed E-state index contributed by atoms with van der Waals surface area (Å²) in [6, 6.07) is 0. The van der Waals surface area contributed by atoms with Gasteiger partial charge in [0.1, 0.15) is 0 Å². The number of carbonyl (C=O) groups is 1. The van der Waals surface area contributed by atoms with Crippen molar-refractivity contribution in [3.05, 3.63) is 0 Å². The third-order valence-electron chi connectivity index (χ3n) is 5.66. The van der Waals surface area contributed by atoms with Crippen LogP contribution in [0.5, 0.6) is 0 Å². The van der Waals surface area contributed by atoms with E-state index in [1.807, 2.05) is 6.92 Å². The molecule has 0 aromatic heterocycles. The Bertz CT molecular complexity index is 432. The van der Waals surface area contributed by atoms with E-state index in [1.165, 1.54) is 7.11 Å². The van der Waals surface area contributed by atoms with E-state index >= 15 is 0 Å². The van der Waals surface area contributed by atoms with Crippen molar-refractivity contribution in [2.45, 2.75) is 104 Å². The quantitative estimate of drug-likeness (QED) is 0.485. The van der Waals surface area contributed by atoms with E-state index < -0.39 is 8.32 Å². The lowest BCUT2D eigenvalue weighted by molar-refractivity contribution is -0.260. The fourth-order valence-electron chi connectivity index (χ4n) is 2.60. The summed E-state index contributed by atoms with van der Waals surface area (Å²) in [5, 5.41) is 0.139.